The second kappa shape index (κ2) is 10.9. The molecule has 184 valence electrons. The van der Waals surface area contributed by atoms with Gasteiger partial charge in [0.05, 0.1) is 24.5 Å². The van der Waals surface area contributed by atoms with Gasteiger partial charge in [-0.1, -0.05) is 42.5 Å². The molecular weight excluding hydrogens is 444 g/mol. The van der Waals surface area contributed by atoms with Crippen molar-refractivity contribution in [3.05, 3.63) is 81.0 Å². The third-order valence-electron chi connectivity index (χ3n) is 6.32. The third-order valence-corrected chi connectivity index (χ3v) is 6.32. The smallest absolute Gasteiger partial charge is 0.330 e. The number of rotatable bonds is 8. The number of amides is 1. The first-order chi connectivity index (χ1) is 17.0. The van der Waals surface area contributed by atoms with Crippen molar-refractivity contribution in [2.75, 3.05) is 47.0 Å². The molecule has 0 radical (unpaired) electrons. The number of anilines is 4. The molecule has 1 aliphatic rings. The molecule has 3 aromatic rings. The number of likely N-dealkylation sites (N-methyl/N-ethyl adjacent to an activating group) is 1. The maximum Gasteiger partial charge on any atom is 0.330 e. The predicted molar refractivity (Wildman–Crippen MR) is 140 cm³/mol. The second-order valence-electron chi connectivity index (χ2n) is 8.62. The highest BCUT2D eigenvalue weighted by Crippen LogP contribution is 2.28. The van der Waals surface area contributed by atoms with Crippen LogP contribution in [0.2, 0.25) is 0 Å². The van der Waals surface area contributed by atoms with Crippen LogP contribution < -0.4 is 32.1 Å². The number of para-hydroxylation sites is 2. The minimum absolute atomic E-state index is 0.0147. The Balaban J connectivity index is 1.57. The molecule has 1 aromatic heterocycles. The number of carbonyl (C=O) groups excluding carboxylic acids is 1. The van der Waals surface area contributed by atoms with E-state index in [1.807, 2.05) is 48.5 Å². The fourth-order valence-corrected chi connectivity index (χ4v) is 4.52. The Hall–Kier alpha value is -4.01. The van der Waals surface area contributed by atoms with E-state index in [-0.39, 0.29) is 37.0 Å². The molecule has 1 saturated heterocycles. The number of benzene rings is 2. The minimum atomic E-state index is -0.680. The first-order valence-corrected chi connectivity index (χ1v) is 12.0. The van der Waals surface area contributed by atoms with Gasteiger partial charge in [-0.15, -0.1) is 0 Å². The highest BCUT2D eigenvalue weighted by atomic mass is 16.2. The van der Waals surface area contributed by atoms with Crippen LogP contribution in [-0.4, -0.2) is 41.6 Å². The van der Waals surface area contributed by atoms with E-state index in [4.69, 9.17) is 5.73 Å². The van der Waals surface area contributed by atoms with E-state index in [0.29, 0.717) is 0 Å². The summed E-state index contributed by atoms with van der Waals surface area (Å²) in [6.07, 6.45) is 3.54. The van der Waals surface area contributed by atoms with Crippen LogP contribution in [0.3, 0.4) is 0 Å². The van der Waals surface area contributed by atoms with Crippen molar-refractivity contribution < 1.29 is 4.79 Å². The predicted octanol–water partition coefficient (Wildman–Crippen LogP) is 2.62. The summed E-state index contributed by atoms with van der Waals surface area (Å²) in [6, 6.07) is 17.3. The number of nitrogens with zero attached hydrogens (tertiary/aromatic N) is 3. The number of aromatic amines is 1. The Morgan fingerprint density at radius 3 is 2.43 bits per heavy atom. The monoisotopic (exact) mass is 476 g/mol. The lowest BCUT2D eigenvalue weighted by molar-refractivity contribution is -0.116. The van der Waals surface area contributed by atoms with Crippen LogP contribution in [-0.2, 0) is 11.3 Å². The zero-order chi connectivity index (χ0) is 24.8. The van der Waals surface area contributed by atoms with Gasteiger partial charge in [0.2, 0.25) is 5.91 Å². The van der Waals surface area contributed by atoms with Gasteiger partial charge >= 0.3 is 5.69 Å². The molecule has 2 aromatic carbocycles. The second-order valence-corrected chi connectivity index (χ2v) is 8.62. The molecular formula is C26H32N6O3. The fourth-order valence-electron chi connectivity index (χ4n) is 4.52. The van der Waals surface area contributed by atoms with E-state index in [1.54, 1.807) is 6.92 Å². The molecule has 0 bridgehead atoms. The Morgan fingerprint density at radius 2 is 1.71 bits per heavy atom. The fraction of sp³-hybridized carbons (Fsp3) is 0.346. The standard InChI is InChI=1S/C26H32N6O3/c1-2-31(22(33)17-28-20-13-7-8-14-21(20)30-15-9-4-10-16-30)23-24(27)32(26(35)29-25(23)34)18-19-11-5-3-6-12-19/h3,5-8,11-14,28H,2,4,9-10,15-18,27H2,1H3,(H,29,34,35). The summed E-state index contributed by atoms with van der Waals surface area (Å²) in [6.45, 7) is 4.14. The average molecular weight is 477 g/mol. The van der Waals surface area contributed by atoms with Crippen molar-refractivity contribution in [2.24, 2.45) is 0 Å². The largest absolute Gasteiger partial charge is 0.383 e. The lowest BCUT2D eigenvalue weighted by Gasteiger charge is -2.31. The van der Waals surface area contributed by atoms with E-state index >= 15 is 0 Å². The normalized spacial score (nSPS) is 13.5. The van der Waals surface area contributed by atoms with Crippen molar-refractivity contribution in [2.45, 2.75) is 32.7 Å². The molecule has 1 fully saturated rings. The Kier molecular flexibility index (Phi) is 7.54. The van der Waals surface area contributed by atoms with Gasteiger partial charge in [-0.2, -0.15) is 0 Å². The van der Waals surface area contributed by atoms with E-state index in [2.05, 4.69) is 21.3 Å². The molecule has 0 aliphatic carbocycles. The number of hydrogen-bond acceptors (Lipinski definition) is 6. The lowest BCUT2D eigenvalue weighted by atomic mass is 10.1. The van der Waals surface area contributed by atoms with Crippen LogP contribution in [0, 0.1) is 0 Å². The van der Waals surface area contributed by atoms with Crippen molar-refractivity contribution in [1.82, 2.24) is 9.55 Å². The number of hydrogen-bond donors (Lipinski definition) is 3. The molecule has 0 atom stereocenters. The molecule has 2 heterocycles. The minimum Gasteiger partial charge on any atom is -0.383 e. The molecule has 9 nitrogen and oxygen atoms in total. The first-order valence-electron chi connectivity index (χ1n) is 12.0. The summed E-state index contributed by atoms with van der Waals surface area (Å²) >= 11 is 0. The number of nitrogens with two attached hydrogens (primary N) is 1. The molecule has 9 heteroatoms. The molecule has 0 spiro atoms. The van der Waals surface area contributed by atoms with Crippen LogP contribution in [0.25, 0.3) is 0 Å². The molecule has 4 N–H and O–H groups in total. The number of nitrogen functional groups attached to an aromatic ring is 1. The summed E-state index contributed by atoms with van der Waals surface area (Å²) in [7, 11) is 0. The van der Waals surface area contributed by atoms with Gasteiger partial charge in [-0.3, -0.25) is 19.1 Å². The topological polar surface area (TPSA) is 116 Å². The van der Waals surface area contributed by atoms with Gasteiger partial charge in [-0.25, -0.2) is 4.79 Å². The molecule has 1 amide bonds. The first kappa shape index (κ1) is 24.1. The summed E-state index contributed by atoms with van der Waals surface area (Å²) in [5, 5.41) is 3.25. The number of nitrogens with one attached hydrogen (secondary N) is 2. The quantitative estimate of drug-likeness (QED) is 0.460. The highest BCUT2D eigenvalue weighted by Gasteiger charge is 2.23. The maximum atomic E-state index is 13.2. The van der Waals surface area contributed by atoms with E-state index < -0.39 is 11.2 Å². The van der Waals surface area contributed by atoms with Crippen LogP contribution in [0.4, 0.5) is 22.9 Å². The Labute approximate surface area is 204 Å². The molecule has 35 heavy (non-hydrogen) atoms. The van der Waals surface area contributed by atoms with Crippen molar-refractivity contribution >= 4 is 28.8 Å². The summed E-state index contributed by atoms with van der Waals surface area (Å²) < 4.78 is 1.28. The van der Waals surface area contributed by atoms with E-state index in [1.165, 1.54) is 15.9 Å². The van der Waals surface area contributed by atoms with Gasteiger partial charge in [0.25, 0.3) is 5.56 Å². The zero-order valence-electron chi connectivity index (χ0n) is 20.0. The van der Waals surface area contributed by atoms with Crippen molar-refractivity contribution in [1.29, 1.82) is 0 Å². The average Bonchev–Trinajstić information content (AvgIpc) is 2.89. The van der Waals surface area contributed by atoms with Gasteiger partial charge in [-0.05, 0) is 43.9 Å². The summed E-state index contributed by atoms with van der Waals surface area (Å²) in [5.41, 5.74) is 7.78. The molecule has 1 aliphatic heterocycles. The summed E-state index contributed by atoms with van der Waals surface area (Å²) in [4.78, 5) is 44.5. The molecule has 4 rings (SSSR count). The van der Waals surface area contributed by atoms with Crippen molar-refractivity contribution in [3.8, 4) is 0 Å². The van der Waals surface area contributed by atoms with Gasteiger partial charge in [0.1, 0.15) is 5.82 Å². The summed E-state index contributed by atoms with van der Waals surface area (Å²) in [5.74, 6) is -0.352. The molecule has 0 saturated carbocycles. The third kappa shape index (κ3) is 5.40. The Morgan fingerprint density at radius 1 is 1.03 bits per heavy atom. The number of aromatic nitrogens is 2. The van der Waals surface area contributed by atoms with Crippen LogP contribution in [0.15, 0.2) is 64.2 Å². The SMILES string of the molecule is CCN(C(=O)CNc1ccccc1N1CCCCC1)c1c(N)n(Cc2ccccc2)c(=O)[nH]c1=O. The molecule has 0 unspecified atom stereocenters. The lowest BCUT2D eigenvalue weighted by Crippen LogP contribution is -2.43. The number of carbonyl (C=O) groups is 1. The highest BCUT2D eigenvalue weighted by molar-refractivity contribution is 5.98. The van der Waals surface area contributed by atoms with Gasteiger partial charge in [0, 0.05) is 19.6 Å². The van der Waals surface area contributed by atoms with E-state index in [9.17, 15) is 14.4 Å². The van der Waals surface area contributed by atoms with Crippen LogP contribution in [0.1, 0.15) is 31.7 Å². The van der Waals surface area contributed by atoms with Crippen LogP contribution >= 0.6 is 0 Å². The maximum absolute atomic E-state index is 13.2. The number of H-pyrrole nitrogens is 1. The van der Waals surface area contributed by atoms with Gasteiger partial charge < -0.3 is 20.9 Å². The Bertz CT molecular complexity index is 1280. The van der Waals surface area contributed by atoms with E-state index in [0.717, 1.165) is 42.9 Å². The zero-order valence-corrected chi connectivity index (χ0v) is 20.0. The van der Waals surface area contributed by atoms with Crippen molar-refractivity contribution in [3.63, 3.8) is 0 Å². The van der Waals surface area contributed by atoms with Gasteiger partial charge in [0.15, 0.2) is 5.69 Å². The van der Waals surface area contributed by atoms with Crippen LogP contribution in [0.5, 0.6) is 0 Å². The number of piperidine rings is 1.